The second kappa shape index (κ2) is 7.66. The van der Waals surface area contributed by atoms with Crippen molar-refractivity contribution in [3.63, 3.8) is 0 Å². The summed E-state index contributed by atoms with van der Waals surface area (Å²) in [5.41, 5.74) is 4.19. The van der Waals surface area contributed by atoms with Gasteiger partial charge in [0.25, 0.3) is 0 Å². The molecule has 3 atom stereocenters. The van der Waals surface area contributed by atoms with Crippen molar-refractivity contribution in [3.05, 3.63) is 23.8 Å². The predicted molar refractivity (Wildman–Crippen MR) is 85.3 cm³/mol. The van der Waals surface area contributed by atoms with Gasteiger partial charge in [-0.2, -0.15) is 0 Å². The molecule has 0 heterocycles. The van der Waals surface area contributed by atoms with E-state index in [1.807, 2.05) is 19.9 Å². The van der Waals surface area contributed by atoms with Crippen LogP contribution in [0.5, 0.6) is 11.5 Å². The number of benzene rings is 1. The molecule has 1 fully saturated rings. The smallest absolute Gasteiger partial charge is 0.161 e. The first-order chi connectivity index (χ1) is 10.2. The first kappa shape index (κ1) is 16.1. The summed E-state index contributed by atoms with van der Waals surface area (Å²) < 4.78 is 11.3. The SMILES string of the molecule is CCOc1ccc(C(NN)C2CCC(C)C2)cc1OCC. The van der Waals surface area contributed by atoms with E-state index in [4.69, 9.17) is 15.3 Å². The number of nitrogens with one attached hydrogen (secondary N) is 1. The number of nitrogens with two attached hydrogens (primary N) is 1. The van der Waals surface area contributed by atoms with Crippen molar-refractivity contribution in [1.29, 1.82) is 0 Å². The lowest BCUT2D eigenvalue weighted by atomic mass is 9.91. The standard InChI is InChI=1S/C17H28N2O2/c1-4-20-15-9-8-14(11-16(15)21-5-2)17(19-18)13-7-6-12(3)10-13/h8-9,11-13,17,19H,4-7,10,18H2,1-3H3. The van der Waals surface area contributed by atoms with Gasteiger partial charge in [-0.1, -0.05) is 19.4 Å². The Balaban J connectivity index is 2.22. The van der Waals surface area contributed by atoms with Crippen molar-refractivity contribution in [2.24, 2.45) is 17.7 Å². The predicted octanol–water partition coefficient (Wildman–Crippen LogP) is 3.42. The summed E-state index contributed by atoms with van der Waals surface area (Å²) in [5, 5.41) is 0. The van der Waals surface area contributed by atoms with Crippen LogP contribution in [0.2, 0.25) is 0 Å². The minimum Gasteiger partial charge on any atom is -0.490 e. The summed E-state index contributed by atoms with van der Waals surface area (Å²) in [7, 11) is 0. The quantitative estimate of drug-likeness (QED) is 0.597. The van der Waals surface area contributed by atoms with Crippen LogP contribution in [0.15, 0.2) is 18.2 Å². The van der Waals surface area contributed by atoms with E-state index in [1.165, 1.54) is 24.8 Å². The maximum atomic E-state index is 5.83. The summed E-state index contributed by atoms with van der Waals surface area (Å²) >= 11 is 0. The Bertz CT molecular complexity index is 450. The molecule has 1 saturated carbocycles. The zero-order valence-electron chi connectivity index (χ0n) is 13.4. The molecule has 3 unspecified atom stereocenters. The fourth-order valence-electron chi connectivity index (χ4n) is 3.32. The van der Waals surface area contributed by atoms with E-state index in [1.54, 1.807) is 0 Å². The Morgan fingerprint density at radius 3 is 2.48 bits per heavy atom. The minimum atomic E-state index is 0.185. The van der Waals surface area contributed by atoms with Gasteiger partial charge in [0.2, 0.25) is 0 Å². The van der Waals surface area contributed by atoms with Crippen LogP contribution in [0.1, 0.15) is 51.6 Å². The molecule has 0 aliphatic heterocycles. The van der Waals surface area contributed by atoms with Crippen molar-refractivity contribution < 1.29 is 9.47 Å². The van der Waals surface area contributed by atoms with E-state index < -0.39 is 0 Å². The van der Waals surface area contributed by atoms with Crippen LogP contribution in [0, 0.1) is 11.8 Å². The van der Waals surface area contributed by atoms with Gasteiger partial charge in [-0.3, -0.25) is 11.3 Å². The highest BCUT2D eigenvalue weighted by Crippen LogP contribution is 2.40. The molecule has 0 aromatic heterocycles. The van der Waals surface area contributed by atoms with Crippen LogP contribution >= 0.6 is 0 Å². The molecule has 118 valence electrons. The van der Waals surface area contributed by atoms with E-state index in [0.29, 0.717) is 19.1 Å². The molecule has 0 spiro atoms. The molecule has 0 radical (unpaired) electrons. The van der Waals surface area contributed by atoms with Gasteiger partial charge in [0.1, 0.15) is 0 Å². The second-order valence-corrected chi connectivity index (χ2v) is 5.89. The molecule has 2 rings (SSSR count). The zero-order valence-corrected chi connectivity index (χ0v) is 13.4. The van der Waals surface area contributed by atoms with Gasteiger partial charge in [0, 0.05) is 6.04 Å². The third-order valence-corrected chi connectivity index (χ3v) is 4.31. The first-order valence-electron chi connectivity index (χ1n) is 8.05. The van der Waals surface area contributed by atoms with E-state index in [0.717, 1.165) is 17.4 Å². The van der Waals surface area contributed by atoms with Gasteiger partial charge < -0.3 is 9.47 Å². The average molecular weight is 292 g/mol. The van der Waals surface area contributed by atoms with Gasteiger partial charge >= 0.3 is 0 Å². The van der Waals surface area contributed by atoms with Crippen molar-refractivity contribution >= 4 is 0 Å². The molecule has 0 saturated heterocycles. The summed E-state index contributed by atoms with van der Waals surface area (Å²) in [5.74, 6) is 8.83. The van der Waals surface area contributed by atoms with Crippen molar-refractivity contribution in [2.45, 2.75) is 46.1 Å². The van der Waals surface area contributed by atoms with E-state index in [2.05, 4.69) is 24.5 Å². The van der Waals surface area contributed by atoms with Crippen LogP contribution in [-0.4, -0.2) is 13.2 Å². The molecule has 1 aliphatic rings. The van der Waals surface area contributed by atoms with Crippen molar-refractivity contribution in [3.8, 4) is 11.5 Å². The molecule has 21 heavy (non-hydrogen) atoms. The first-order valence-corrected chi connectivity index (χ1v) is 8.05. The fraction of sp³-hybridized carbons (Fsp3) is 0.647. The molecular formula is C17H28N2O2. The van der Waals surface area contributed by atoms with Gasteiger partial charge in [-0.15, -0.1) is 0 Å². The highest BCUT2D eigenvalue weighted by molar-refractivity contribution is 5.44. The van der Waals surface area contributed by atoms with Gasteiger partial charge in [-0.25, -0.2) is 0 Å². The minimum absolute atomic E-state index is 0.185. The second-order valence-electron chi connectivity index (χ2n) is 5.89. The Labute approximate surface area is 128 Å². The van der Waals surface area contributed by atoms with Crippen LogP contribution in [-0.2, 0) is 0 Å². The zero-order chi connectivity index (χ0) is 15.2. The number of hydrogen-bond acceptors (Lipinski definition) is 4. The summed E-state index contributed by atoms with van der Waals surface area (Å²) in [4.78, 5) is 0. The van der Waals surface area contributed by atoms with Gasteiger partial charge in [0.15, 0.2) is 11.5 Å². The highest BCUT2D eigenvalue weighted by Gasteiger charge is 2.29. The number of hydrazine groups is 1. The maximum absolute atomic E-state index is 5.83. The number of rotatable bonds is 7. The molecule has 4 heteroatoms. The Morgan fingerprint density at radius 2 is 1.90 bits per heavy atom. The van der Waals surface area contributed by atoms with E-state index in [9.17, 15) is 0 Å². The third-order valence-electron chi connectivity index (χ3n) is 4.31. The van der Waals surface area contributed by atoms with Crippen LogP contribution in [0.3, 0.4) is 0 Å². The largest absolute Gasteiger partial charge is 0.490 e. The topological polar surface area (TPSA) is 56.5 Å². The lowest BCUT2D eigenvalue weighted by molar-refractivity contribution is 0.286. The Hall–Kier alpha value is -1.26. The highest BCUT2D eigenvalue weighted by atomic mass is 16.5. The average Bonchev–Trinajstić information content (AvgIpc) is 2.89. The molecule has 1 aliphatic carbocycles. The fourth-order valence-corrected chi connectivity index (χ4v) is 3.32. The van der Waals surface area contributed by atoms with Crippen LogP contribution < -0.4 is 20.7 Å². The molecule has 0 amide bonds. The van der Waals surface area contributed by atoms with Crippen LogP contribution in [0.25, 0.3) is 0 Å². The molecule has 3 N–H and O–H groups in total. The van der Waals surface area contributed by atoms with Crippen LogP contribution in [0.4, 0.5) is 0 Å². The van der Waals surface area contributed by atoms with Gasteiger partial charge in [-0.05, 0) is 56.2 Å². The molecule has 1 aromatic rings. The van der Waals surface area contributed by atoms with E-state index >= 15 is 0 Å². The summed E-state index contributed by atoms with van der Waals surface area (Å²) in [6, 6.07) is 6.35. The number of hydrogen-bond donors (Lipinski definition) is 2. The Morgan fingerprint density at radius 1 is 1.19 bits per heavy atom. The monoisotopic (exact) mass is 292 g/mol. The lowest BCUT2D eigenvalue weighted by Crippen LogP contribution is -2.32. The molecule has 0 bridgehead atoms. The lowest BCUT2D eigenvalue weighted by Gasteiger charge is -2.24. The third kappa shape index (κ3) is 3.89. The number of ether oxygens (including phenoxy) is 2. The van der Waals surface area contributed by atoms with E-state index in [-0.39, 0.29) is 6.04 Å². The molecular weight excluding hydrogens is 264 g/mol. The van der Waals surface area contributed by atoms with Gasteiger partial charge in [0.05, 0.1) is 13.2 Å². The molecule has 4 nitrogen and oxygen atoms in total. The normalized spacial score (nSPS) is 23.0. The van der Waals surface area contributed by atoms with Crippen molar-refractivity contribution in [2.75, 3.05) is 13.2 Å². The van der Waals surface area contributed by atoms with Crippen molar-refractivity contribution in [1.82, 2.24) is 5.43 Å². The summed E-state index contributed by atoms with van der Waals surface area (Å²) in [6.07, 6.45) is 3.75. The maximum Gasteiger partial charge on any atom is 0.161 e. The molecule has 1 aromatic carbocycles. The summed E-state index contributed by atoms with van der Waals surface area (Å²) in [6.45, 7) is 7.55. The Kier molecular flexibility index (Phi) is 5.88.